The molecule has 0 amide bonds. The molecule has 1 rings (SSSR count). The van der Waals surface area contributed by atoms with Gasteiger partial charge in [-0.05, 0) is 31.3 Å². The number of allylic oxidation sites excluding steroid dienone is 3. The Kier molecular flexibility index (Phi) is 2.64. The molecule has 0 radical (unpaired) electrons. The SMILES string of the molecule is C=CC1=C(N=CC)C(C)CC1. The van der Waals surface area contributed by atoms with E-state index >= 15 is 0 Å². The van der Waals surface area contributed by atoms with E-state index in [9.17, 15) is 0 Å². The first kappa shape index (κ1) is 8.25. The van der Waals surface area contributed by atoms with E-state index in [2.05, 4.69) is 18.5 Å². The molecule has 0 aromatic heterocycles. The first-order chi connectivity index (χ1) is 5.29. The average molecular weight is 149 g/mol. The third-order valence-electron chi connectivity index (χ3n) is 2.16. The van der Waals surface area contributed by atoms with Gasteiger partial charge in [-0.3, -0.25) is 4.99 Å². The highest BCUT2D eigenvalue weighted by molar-refractivity contribution is 5.56. The molecule has 1 aliphatic carbocycles. The molecule has 1 atom stereocenters. The summed E-state index contributed by atoms with van der Waals surface area (Å²) < 4.78 is 0. The van der Waals surface area contributed by atoms with Gasteiger partial charge >= 0.3 is 0 Å². The molecule has 0 saturated heterocycles. The largest absolute Gasteiger partial charge is 0.265 e. The second-order valence-corrected chi connectivity index (χ2v) is 2.94. The highest BCUT2D eigenvalue weighted by atomic mass is 14.7. The average Bonchev–Trinajstić information content (AvgIpc) is 2.34. The summed E-state index contributed by atoms with van der Waals surface area (Å²) in [6, 6.07) is 0. The maximum atomic E-state index is 4.34. The molecule has 0 heterocycles. The number of nitrogens with zero attached hydrogens (tertiary/aromatic N) is 1. The third-order valence-corrected chi connectivity index (χ3v) is 2.16. The Balaban J connectivity index is 2.89. The smallest absolute Gasteiger partial charge is 0.0459 e. The highest BCUT2D eigenvalue weighted by Gasteiger charge is 2.18. The van der Waals surface area contributed by atoms with Crippen LogP contribution < -0.4 is 0 Å². The minimum Gasteiger partial charge on any atom is -0.265 e. The van der Waals surface area contributed by atoms with Gasteiger partial charge in [0, 0.05) is 11.9 Å². The van der Waals surface area contributed by atoms with Crippen molar-refractivity contribution >= 4 is 6.21 Å². The Morgan fingerprint density at radius 1 is 1.64 bits per heavy atom. The van der Waals surface area contributed by atoms with E-state index in [0.29, 0.717) is 5.92 Å². The van der Waals surface area contributed by atoms with Crippen molar-refractivity contribution in [2.75, 3.05) is 0 Å². The molecule has 0 spiro atoms. The van der Waals surface area contributed by atoms with Crippen molar-refractivity contribution in [2.45, 2.75) is 26.7 Å². The molecular weight excluding hydrogens is 134 g/mol. The van der Waals surface area contributed by atoms with E-state index in [4.69, 9.17) is 0 Å². The lowest BCUT2D eigenvalue weighted by molar-refractivity contribution is 0.664. The number of rotatable bonds is 2. The molecule has 1 aliphatic rings. The first-order valence-corrected chi connectivity index (χ1v) is 4.13. The highest BCUT2D eigenvalue weighted by Crippen LogP contribution is 2.32. The summed E-state index contributed by atoms with van der Waals surface area (Å²) in [5.74, 6) is 0.624. The van der Waals surface area contributed by atoms with Crippen molar-refractivity contribution < 1.29 is 0 Å². The van der Waals surface area contributed by atoms with Gasteiger partial charge in [0.1, 0.15) is 0 Å². The van der Waals surface area contributed by atoms with Gasteiger partial charge in [-0.1, -0.05) is 19.6 Å². The van der Waals surface area contributed by atoms with Crippen molar-refractivity contribution in [2.24, 2.45) is 10.9 Å². The topological polar surface area (TPSA) is 12.4 Å². The normalized spacial score (nSPS) is 25.1. The van der Waals surface area contributed by atoms with Crippen LogP contribution in [0.2, 0.25) is 0 Å². The van der Waals surface area contributed by atoms with Crippen LogP contribution in [-0.2, 0) is 0 Å². The van der Waals surface area contributed by atoms with E-state index in [0.717, 1.165) is 6.42 Å². The number of hydrogen-bond acceptors (Lipinski definition) is 1. The molecular formula is C10H15N. The monoisotopic (exact) mass is 149 g/mol. The Labute approximate surface area is 68.5 Å². The van der Waals surface area contributed by atoms with Crippen LogP contribution in [0.1, 0.15) is 26.7 Å². The summed E-state index contributed by atoms with van der Waals surface area (Å²) in [5.41, 5.74) is 2.57. The van der Waals surface area contributed by atoms with Crippen LogP contribution in [0.15, 0.2) is 28.9 Å². The van der Waals surface area contributed by atoms with Gasteiger partial charge in [0.25, 0.3) is 0 Å². The van der Waals surface area contributed by atoms with Crippen molar-refractivity contribution in [3.8, 4) is 0 Å². The van der Waals surface area contributed by atoms with Crippen molar-refractivity contribution in [3.63, 3.8) is 0 Å². The molecule has 0 aromatic carbocycles. The van der Waals surface area contributed by atoms with Gasteiger partial charge in [-0.15, -0.1) is 0 Å². The lowest BCUT2D eigenvalue weighted by Gasteiger charge is -2.02. The molecule has 0 aliphatic heterocycles. The fourth-order valence-electron chi connectivity index (χ4n) is 1.51. The van der Waals surface area contributed by atoms with Gasteiger partial charge < -0.3 is 0 Å². The minimum absolute atomic E-state index is 0.624. The summed E-state index contributed by atoms with van der Waals surface area (Å²) in [6.07, 6.45) is 6.18. The Morgan fingerprint density at radius 2 is 2.36 bits per heavy atom. The van der Waals surface area contributed by atoms with Gasteiger partial charge in [0.2, 0.25) is 0 Å². The molecule has 0 aromatic rings. The predicted molar refractivity (Wildman–Crippen MR) is 49.8 cm³/mol. The number of aliphatic imine (C=N–C) groups is 1. The van der Waals surface area contributed by atoms with Crippen LogP contribution in [0.3, 0.4) is 0 Å². The first-order valence-electron chi connectivity index (χ1n) is 4.13. The maximum absolute atomic E-state index is 4.34. The molecule has 0 saturated carbocycles. The standard InChI is InChI=1S/C10H15N/c1-4-9-7-6-8(3)10(9)11-5-2/h4-5,8H,1,6-7H2,2-3H3. The molecule has 1 nitrogen and oxygen atoms in total. The molecule has 0 fully saturated rings. The fourth-order valence-corrected chi connectivity index (χ4v) is 1.51. The molecule has 1 unspecified atom stereocenters. The van der Waals surface area contributed by atoms with E-state index in [-0.39, 0.29) is 0 Å². The van der Waals surface area contributed by atoms with Gasteiger partial charge in [-0.25, -0.2) is 0 Å². The second-order valence-electron chi connectivity index (χ2n) is 2.94. The van der Waals surface area contributed by atoms with Gasteiger partial charge in [0.15, 0.2) is 0 Å². The van der Waals surface area contributed by atoms with Gasteiger partial charge in [-0.2, -0.15) is 0 Å². The number of hydrogen-bond donors (Lipinski definition) is 0. The zero-order valence-corrected chi connectivity index (χ0v) is 7.30. The quantitative estimate of drug-likeness (QED) is 0.535. The lowest BCUT2D eigenvalue weighted by atomic mass is 10.1. The van der Waals surface area contributed by atoms with Crippen LogP contribution in [0.25, 0.3) is 0 Å². The summed E-state index contributed by atoms with van der Waals surface area (Å²) in [4.78, 5) is 4.34. The van der Waals surface area contributed by atoms with Crippen molar-refractivity contribution in [1.29, 1.82) is 0 Å². The molecule has 11 heavy (non-hydrogen) atoms. The Morgan fingerprint density at radius 3 is 2.91 bits per heavy atom. The zero-order chi connectivity index (χ0) is 8.27. The van der Waals surface area contributed by atoms with E-state index in [1.54, 1.807) is 0 Å². The molecule has 0 bridgehead atoms. The maximum Gasteiger partial charge on any atom is 0.0459 e. The van der Waals surface area contributed by atoms with E-state index in [1.807, 2.05) is 19.2 Å². The lowest BCUT2D eigenvalue weighted by Crippen LogP contribution is -1.89. The minimum atomic E-state index is 0.624. The van der Waals surface area contributed by atoms with E-state index in [1.165, 1.54) is 17.7 Å². The second kappa shape index (κ2) is 3.51. The molecule has 0 N–H and O–H groups in total. The summed E-state index contributed by atoms with van der Waals surface area (Å²) >= 11 is 0. The van der Waals surface area contributed by atoms with Crippen molar-refractivity contribution in [3.05, 3.63) is 23.9 Å². The fraction of sp³-hybridized carbons (Fsp3) is 0.500. The summed E-state index contributed by atoms with van der Waals surface area (Å²) in [5, 5.41) is 0. The van der Waals surface area contributed by atoms with E-state index < -0.39 is 0 Å². The van der Waals surface area contributed by atoms with Crippen LogP contribution in [0.4, 0.5) is 0 Å². The van der Waals surface area contributed by atoms with Crippen LogP contribution in [0, 0.1) is 5.92 Å². The Hall–Kier alpha value is -0.850. The van der Waals surface area contributed by atoms with Gasteiger partial charge in [0.05, 0.1) is 0 Å². The summed E-state index contributed by atoms with van der Waals surface area (Å²) in [7, 11) is 0. The molecule has 1 heteroatoms. The third kappa shape index (κ3) is 1.59. The summed E-state index contributed by atoms with van der Waals surface area (Å²) in [6.45, 7) is 7.96. The van der Waals surface area contributed by atoms with Crippen LogP contribution in [0.5, 0.6) is 0 Å². The van der Waals surface area contributed by atoms with Crippen molar-refractivity contribution in [1.82, 2.24) is 0 Å². The predicted octanol–water partition coefficient (Wildman–Crippen LogP) is 2.95. The zero-order valence-electron chi connectivity index (χ0n) is 7.30. The van der Waals surface area contributed by atoms with Crippen LogP contribution in [-0.4, -0.2) is 6.21 Å². The Bertz CT molecular complexity index is 211. The molecule has 60 valence electrons. The van der Waals surface area contributed by atoms with Crippen LogP contribution >= 0.6 is 0 Å².